The van der Waals surface area contributed by atoms with E-state index in [2.05, 4.69) is 0 Å². The molecule has 1 fully saturated rings. The molecule has 1 aromatic carbocycles. The number of esters is 1. The van der Waals surface area contributed by atoms with Crippen molar-refractivity contribution in [3.05, 3.63) is 29.8 Å². The molecule has 1 heterocycles. The highest BCUT2D eigenvalue weighted by Crippen LogP contribution is 2.36. The number of benzene rings is 1. The van der Waals surface area contributed by atoms with Crippen molar-refractivity contribution in [2.75, 3.05) is 20.3 Å². The highest BCUT2D eigenvalue weighted by Gasteiger charge is 2.47. The van der Waals surface area contributed by atoms with Crippen molar-refractivity contribution in [2.24, 2.45) is 0 Å². The second kappa shape index (κ2) is 9.32. The maximum absolute atomic E-state index is 12.8. The van der Waals surface area contributed by atoms with Crippen LogP contribution in [0.4, 0.5) is 0 Å². The van der Waals surface area contributed by atoms with Crippen LogP contribution < -0.4 is 9.47 Å². The summed E-state index contributed by atoms with van der Waals surface area (Å²) < 4.78 is 15.9. The SMILES string of the molecule is CCOc1ccc(/C=C/C(=O)OCC(=O)N2C(C)(C)CC(=O)CC2(C)C)cc1OC. The molecule has 0 aliphatic carbocycles. The fraction of sp³-hybridized carbons (Fsp3) is 0.522. The Morgan fingerprint density at radius 3 is 2.30 bits per heavy atom. The van der Waals surface area contributed by atoms with E-state index in [4.69, 9.17) is 14.2 Å². The summed E-state index contributed by atoms with van der Waals surface area (Å²) in [7, 11) is 1.54. The summed E-state index contributed by atoms with van der Waals surface area (Å²) >= 11 is 0. The van der Waals surface area contributed by atoms with Gasteiger partial charge in [0.05, 0.1) is 13.7 Å². The minimum absolute atomic E-state index is 0.125. The molecule has 0 radical (unpaired) electrons. The molecule has 0 unspecified atom stereocenters. The molecular formula is C23H31NO6. The lowest BCUT2D eigenvalue weighted by atomic mass is 9.79. The summed E-state index contributed by atoms with van der Waals surface area (Å²) in [5.41, 5.74) is -0.524. The number of hydrogen-bond acceptors (Lipinski definition) is 6. The van der Waals surface area contributed by atoms with E-state index in [1.54, 1.807) is 36.3 Å². The number of carbonyl (C=O) groups excluding carboxylic acids is 3. The number of rotatable bonds is 7. The molecule has 1 aromatic rings. The summed E-state index contributed by atoms with van der Waals surface area (Å²) in [5, 5.41) is 0. The van der Waals surface area contributed by atoms with E-state index >= 15 is 0 Å². The van der Waals surface area contributed by atoms with Gasteiger partial charge < -0.3 is 19.1 Å². The predicted molar refractivity (Wildman–Crippen MR) is 113 cm³/mol. The summed E-state index contributed by atoms with van der Waals surface area (Å²) in [4.78, 5) is 38.6. The molecule has 0 bridgehead atoms. The third kappa shape index (κ3) is 5.62. The van der Waals surface area contributed by atoms with E-state index in [1.165, 1.54) is 6.08 Å². The van der Waals surface area contributed by atoms with Crippen molar-refractivity contribution in [1.82, 2.24) is 4.90 Å². The lowest BCUT2D eigenvalue weighted by Gasteiger charge is -2.51. The average Bonchev–Trinajstić information content (AvgIpc) is 2.63. The number of likely N-dealkylation sites (tertiary alicyclic amines) is 1. The molecule has 2 rings (SSSR count). The molecule has 1 amide bonds. The highest BCUT2D eigenvalue weighted by atomic mass is 16.5. The van der Waals surface area contributed by atoms with E-state index in [9.17, 15) is 14.4 Å². The number of hydrogen-bond donors (Lipinski definition) is 0. The van der Waals surface area contributed by atoms with Gasteiger partial charge in [-0.25, -0.2) is 4.79 Å². The van der Waals surface area contributed by atoms with Crippen molar-refractivity contribution in [2.45, 2.75) is 58.5 Å². The molecule has 1 aliphatic rings. The molecule has 7 nitrogen and oxygen atoms in total. The lowest BCUT2D eigenvalue weighted by Crippen LogP contribution is -2.63. The first kappa shape index (κ1) is 23.4. The number of carbonyl (C=O) groups is 3. The van der Waals surface area contributed by atoms with Gasteiger partial charge in [-0.15, -0.1) is 0 Å². The standard InChI is InChI=1S/C23H31NO6/c1-7-29-18-10-8-16(12-19(18)28-6)9-11-21(27)30-15-20(26)24-22(2,3)13-17(25)14-23(24,4)5/h8-12H,7,13-15H2,1-6H3/b11-9+. The number of ketones is 1. The van der Waals surface area contributed by atoms with Crippen LogP contribution in [-0.4, -0.2) is 54.0 Å². The minimum atomic E-state index is -0.628. The van der Waals surface area contributed by atoms with Crippen LogP contribution in [0.1, 0.15) is 53.0 Å². The van der Waals surface area contributed by atoms with Gasteiger partial charge in [0, 0.05) is 30.0 Å². The van der Waals surface area contributed by atoms with Crippen LogP contribution in [0, 0.1) is 0 Å². The maximum Gasteiger partial charge on any atom is 0.331 e. The Labute approximate surface area is 178 Å². The molecular weight excluding hydrogens is 386 g/mol. The molecule has 7 heteroatoms. The fourth-order valence-corrected chi connectivity index (χ4v) is 4.15. The number of Topliss-reactive ketones (excluding diaryl/α,β-unsaturated/α-hetero) is 1. The van der Waals surface area contributed by atoms with E-state index in [-0.39, 0.29) is 31.1 Å². The second-order valence-electron chi connectivity index (χ2n) is 8.53. The summed E-state index contributed by atoms with van der Waals surface area (Å²) in [5.74, 6) is 0.365. The van der Waals surface area contributed by atoms with Crippen molar-refractivity contribution in [3.8, 4) is 11.5 Å². The third-order valence-electron chi connectivity index (χ3n) is 4.96. The van der Waals surface area contributed by atoms with E-state index < -0.39 is 17.0 Å². The van der Waals surface area contributed by atoms with Gasteiger partial charge in [-0.2, -0.15) is 0 Å². The first-order valence-electron chi connectivity index (χ1n) is 10.0. The fourth-order valence-electron chi connectivity index (χ4n) is 4.15. The Balaban J connectivity index is 2.00. The van der Waals surface area contributed by atoms with Gasteiger partial charge >= 0.3 is 5.97 Å². The van der Waals surface area contributed by atoms with E-state index in [0.29, 0.717) is 18.1 Å². The van der Waals surface area contributed by atoms with E-state index in [0.717, 1.165) is 5.56 Å². The van der Waals surface area contributed by atoms with Crippen molar-refractivity contribution >= 4 is 23.7 Å². The molecule has 1 aliphatic heterocycles. The molecule has 1 saturated heterocycles. The van der Waals surface area contributed by atoms with E-state index in [1.807, 2.05) is 34.6 Å². The largest absolute Gasteiger partial charge is 0.493 e. The first-order valence-corrected chi connectivity index (χ1v) is 10.0. The van der Waals surface area contributed by atoms with Gasteiger partial charge in [-0.05, 0) is 58.4 Å². The minimum Gasteiger partial charge on any atom is -0.493 e. The smallest absolute Gasteiger partial charge is 0.331 e. The first-order chi connectivity index (χ1) is 14.0. The molecule has 0 atom stereocenters. The zero-order valence-electron chi connectivity index (χ0n) is 18.6. The van der Waals surface area contributed by atoms with Crippen LogP contribution in [-0.2, 0) is 19.1 Å². The number of methoxy groups -OCH3 is 1. The Hall–Kier alpha value is -2.83. The van der Waals surface area contributed by atoms with Crippen LogP contribution in [0.3, 0.4) is 0 Å². The van der Waals surface area contributed by atoms with Gasteiger partial charge in [-0.3, -0.25) is 9.59 Å². The Morgan fingerprint density at radius 2 is 1.73 bits per heavy atom. The maximum atomic E-state index is 12.8. The summed E-state index contributed by atoms with van der Waals surface area (Å²) in [6.45, 7) is 9.43. The highest BCUT2D eigenvalue weighted by molar-refractivity contribution is 5.91. The van der Waals surface area contributed by atoms with Crippen molar-refractivity contribution < 1.29 is 28.6 Å². The zero-order valence-corrected chi connectivity index (χ0v) is 18.6. The van der Waals surface area contributed by atoms with Gasteiger partial charge in [0.2, 0.25) is 0 Å². The Kier molecular flexibility index (Phi) is 7.29. The number of ether oxygens (including phenoxy) is 3. The third-order valence-corrected chi connectivity index (χ3v) is 4.96. The molecule has 164 valence electrons. The second-order valence-corrected chi connectivity index (χ2v) is 8.53. The monoisotopic (exact) mass is 417 g/mol. The summed E-state index contributed by atoms with van der Waals surface area (Å²) in [6.07, 6.45) is 3.42. The van der Waals surface area contributed by atoms with Gasteiger partial charge in [-0.1, -0.05) is 6.07 Å². The molecule has 0 N–H and O–H groups in total. The predicted octanol–water partition coefficient (Wildman–Crippen LogP) is 3.40. The Morgan fingerprint density at radius 1 is 1.10 bits per heavy atom. The Bertz CT molecular complexity index is 820. The summed E-state index contributed by atoms with van der Waals surface area (Å²) in [6, 6.07) is 5.30. The molecule has 0 saturated carbocycles. The van der Waals surface area contributed by atoms with Crippen LogP contribution in [0.2, 0.25) is 0 Å². The van der Waals surface area contributed by atoms with Crippen molar-refractivity contribution in [1.29, 1.82) is 0 Å². The van der Waals surface area contributed by atoms with Crippen LogP contribution in [0.15, 0.2) is 24.3 Å². The van der Waals surface area contributed by atoms with Crippen LogP contribution >= 0.6 is 0 Å². The van der Waals surface area contributed by atoms with Gasteiger partial charge in [0.15, 0.2) is 18.1 Å². The quantitative estimate of drug-likeness (QED) is 0.500. The molecule has 0 spiro atoms. The number of nitrogens with zero attached hydrogens (tertiary/aromatic N) is 1. The number of amides is 1. The lowest BCUT2D eigenvalue weighted by molar-refractivity contribution is -0.161. The molecule has 30 heavy (non-hydrogen) atoms. The van der Waals surface area contributed by atoms with Crippen LogP contribution in [0.25, 0.3) is 6.08 Å². The average molecular weight is 418 g/mol. The van der Waals surface area contributed by atoms with Gasteiger partial charge in [0.1, 0.15) is 5.78 Å². The van der Waals surface area contributed by atoms with Gasteiger partial charge in [0.25, 0.3) is 5.91 Å². The zero-order chi connectivity index (χ0) is 22.5. The van der Waals surface area contributed by atoms with Crippen molar-refractivity contribution in [3.63, 3.8) is 0 Å². The molecule has 0 aromatic heterocycles. The van der Waals surface area contributed by atoms with Crippen LogP contribution in [0.5, 0.6) is 11.5 Å². The normalized spacial score (nSPS) is 17.7. The number of piperidine rings is 1. The topological polar surface area (TPSA) is 82.1 Å².